The molecule has 0 bridgehead atoms. The van der Waals surface area contributed by atoms with Gasteiger partial charge in [-0.25, -0.2) is 0 Å². The first-order valence-electron chi connectivity index (χ1n) is 7.79. The maximum atomic E-state index is 5.10. The maximum absolute atomic E-state index is 5.10. The second-order valence-corrected chi connectivity index (χ2v) is 5.04. The predicted molar refractivity (Wildman–Crippen MR) is 95.4 cm³/mol. The van der Waals surface area contributed by atoms with Crippen LogP contribution in [0.5, 0.6) is 0 Å². The maximum Gasteiger partial charge on any atom is 0.230 e. The van der Waals surface area contributed by atoms with E-state index in [0.717, 1.165) is 26.2 Å². The van der Waals surface area contributed by atoms with Crippen LogP contribution in [0.4, 0.5) is 11.9 Å². The summed E-state index contributed by atoms with van der Waals surface area (Å²) in [6.45, 7) is 12.3. The Bertz CT molecular complexity index is 442. The van der Waals surface area contributed by atoms with Gasteiger partial charge in [-0.3, -0.25) is 0 Å². The third-order valence-electron chi connectivity index (χ3n) is 3.38. The monoisotopic (exact) mass is 325 g/mol. The van der Waals surface area contributed by atoms with E-state index in [1.54, 1.807) is 7.05 Å². The highest BCUT2D eigenvalue weighted by Crippen LogP contribution is 2.14. The van der Waals surface area contributed by atoms with Crippen molar-refractivity contribution >= 4 is 29.2 Å². The van der Waals surface area contributed by atoms with Crippen molar-refractivity contribution in [1.82, 2.24) is 25.6 Å². The Morgan fingerprint density at radius 3 is 1.73 bits per heavy atom. The third kappa shape index (κ3) is 4.94. The average molecular weight is 325 g/mol. The molecule has 1 rings (SSSR count). The first kappa shape index (κ1) is 18.3. The van der Waals surface area contributed by atoms with E-state index in [0.29, 0.717) is 29.4 Å². The fourth-order valence-corrected chi connectivity index (χ4v) is 2.09. The van der Waals surface area contributed by atoms with Crippen molar-refractivity contribution in [3.63, 3.8) is 0 Å². The molecule has 0 aromatic carbocycles. The minimum atomic E-state index is 0.477. The van der Waals surface area contributed by atoms with Crippen LogP contribution in [-0.4, -0.2) is 53.3 Å². The number of anilines is 2. The summed E-state index contributed by atoms with van der Waals surface area (Å²) in [4.78, 5) is 18.0. The molecule has 0 aliphatic carbocycles. The van der Waals surface area contributed by atoms with E-state index >= 15 is 0 Å². The zero-order valence-electron chi connectivity index (χ0n) is 14.2. The average Bonchev–Trinajstić information content (AvgIpc) is 2.55. The SMILES string of the molecule is CCN(CC)c1nc(CNC(=S)NC)nc(N(CC)CC)n1. The molecule has 1 aromatic heterocycles. The van der Waals surface area contributed by atoms with Crippen molar-refractivity contribution in [2.75, 3.05) is 43.0 Å². The molecular formula is C14H27N7S. The van der Waals surface area contributed by atoms with Gasteiger partial charge in [-0.2, -0.15) is 15.0 Å². The van der Waals surface area contributed by atoms with Gasteiger partial charge in [0.1, 0.15) is 0 Å². The van der Waals surface area contributed by atoms with Crippen molar-refractivity contribution < 1.29 is 0 Å². The molecule has 0 spiro atoms. The van der Waals surface area contributed by atoms with Crippen LogP contribution < -0.4 is 20.4 Å². The smallest absolute Gasteiger partial charge is 0.230 e. The normalized spacial score (nSPS) is 10.2. The first-order valence-corrected chi connectivity index (χ1v) is 8.20. The Balaban J connectivity index is 3.10. The number of rotatable bonds is 8. The van der Waals surface area contributed by atoms with E-state index in [4.69, 9.17) is 12.2 Å². The second-order valence-electron chi connectivity index (χ2n) is 4.63. The molecule has 0 saturated heterocycles. The number of nitrogens with zero attached hydrogens (tertiary/aromatic N) is 5. The van der Waals surface area contributed by atoms with Crippen LogP contribution in [0.25, 0.3) is 0 Å². The molecule has 2 N–H and O–H groups in total. The minimum absolute atomic E-state index is 0.477. The molecule has 1 aromatic rings. The molecule has 0 amide bonds. The van der Waals surface area contributed by atoms with Crippen molar-refractivity contribution in [2.24, 2.45) is 0 Å². The first-order chi connectivity index (χ1) is 10.6. The number of aromatic nitrogens is 3. The van der Waals surface area contributed by atoms with E-state index in [2.05, 4.69) is 63.1 Å². The lowest BCUT2D eigenvalue weighted by Gasteiger charge is -2.23. The molecule has 124 valence electrons. The van der Waals surface area contributed by atoms with Crippen molar-refractivity contribution in [3.05, 3.63) is 5.82 Å². The highest BCUT2D eigenvalue weighted by atomic mass is 32.1. The summed E-state index contributed by atoms with van der Waals surface area (Å²) >= 11 is 5.10. The molecule has 0 radical (unpaired) electrons. The Labute approximate surface area is 138 Å². The molecule has 7 nitrogen and oxygen atoms in total. The quantitative estimate of drug-likeness (QED) is 0.690. The summed E-state index contributed by atoms with van der Waals surface area (Å²) in [6, 6.07) is 0. The fraction of sp³-hybridized carbons (Fsp3) is 0.714. The van der Waals surface area contributed by atoms with Gasteiger partial charge >= 0.3 is 0 Å². The zero-order chi connectivity index (χ0) is 16.5. The summed E-state index contributed by atoms with van der Waals surface area (Å²) in [6.07, 6.45) is 0. The number of thiocarbonyl (C=S) groups is 1. The van der Waals surface area contributed by atoms with Crippen LogP contribution >= 0.6 is 12.2 Å². The molecule has 22 heavy (non-hydrogen) atoms. The summed E-state index contributed by atoms with van der Waals surface area (Å²) in [5.74, 6) is 2.12. The van der Waals surface area contributed by atoms with Gasteiger partial charge in [0, 0.05) is 33.2 Å². The van der Waals surface area contributed by atoms with Crippen molar-refractivity contribution in [2.45, 2.75) is 34.2 Å². The molecular weight excluding hydrogens is 298 g/mol. The van der Waals surface area contributed by atoms with E-state index < -0.39 is 0 Å². The summed E-state index contributed by atoms with van der Waals surface area (Å²) in [5, 5.41) is 6.54. The molecule has 8 heteroatoms. The second kappa shape index (κ2) is 9.34. The van der Waals surface area contributed by atoms with Gasteiger partial charge < -0.3 is 20.4 Å². The molecule has 0 aliphatic rings. The van der Waals surface area contributed by atoms with Crippen LogP contribution in [-0.2, 0) is 6.54 Å². The van der Waals surface area contributed by atoms with Gasteiger partial charge in [-0.1, -0.05) is 0 Å². The number of hydrogen-bond acceptors (Lipinski definition) is 6. The molecule has 0 fully saturated rings. The molecule has 1 heterocycles. The van der Waals surface area contributed by atoms with E-state index in [1.165, 1.54) is 0 Å². The Kier molecular flexibility index (Phi) is 7.79. The Morgan fingerprint density at radius 2 is 1.36 bits per heavy atom. The fourth-order valence-electron chi connectivity index (χ4n) is 2.02. The van der Waals surface area contributed by atoms with Crippen LogP contribution in [0.3, 0.4) is 0 Å². The zero-order valence-corrected chi connectivity index (χ0v) is 15.0. The van der Waals surface area contributed by atoms with E-state index in [9.17, 15) is 0 Å². The highest BCUT2D eigenvalue weighted by Gasteiger charge is 2.14. The highest BCUT2D eigenvalue weighted by molar-refractivity contribution is 7.80. The topological polar surface area (TPSA) is 69.2 Å². The van der Waals surface area contributed by atoms with Gasteiger partial charge in [0.15, 0.2) is 10.9 Å². The van der Waals surface area contributed by atoms with Crippen molar-refractivity contribution in [3.8, 4) is 0 Å². The van der Waals surface area contributed by atoms with E-state index in [1.807, 2.05) is 0 Å². The standard InChI is InChI=1S/C14H27N7S/c1-6-20(7-2)12-17-11(10-16-14(22)15-5)18-13(19-12)21(8-3)9-4/h6-10H2,1-5H3,(H2,15,16,22). The summed E-state index contributed by atoms with van der Waals surface area (Å²) < 4.78 is 0. The van der Waals surface area contributed by atoms with Gasteiger partial charge in [0.05, 0.1) is 6.54 Å². The van der Waals surface area contributed by atoms with Crippen molar-refractivity contribution in [1.29, 1.82) is 0 Å². The third-order valence-corrected chi connectivity index (χ3v) is 3.73. The van der Waals surface area contributed by atoms with Crippen LogP contribution in [0.1, 0.15) is 33.5 Å². The molecule has 0 aliphatic heterocycles. The van der Waals surface area contributed by atoms with Crippen LogP contribution in [0, 0.1) is 0 Å². The van der Waals surface area contributed by atoms with Crippen LogP contribution in [0.15, 0.2) is 0 Å². The molecule has 0 saturated carbocycles. The van der Waals surface area contributed by atoms with Gasteiger partial charge in [0.25, 0.3) is 0 Å². The number of nitrogens with one attached hydrogen (secondary N) is 2. The van der Waals surface area contributed by atoms with E-state index in [-0.39, 0.29) is 0 Å². The van der Waals surface area contributed by atoms with Gasteiger partial charge in [-0.15, -0.1) is 0 Å². The Hall–Kier alpha value is -1.70. The summed E-state index contributed by atoms with van der Waals surface area (Å²) in [7, 11) is 1.78. The lowest BCUT2D eigenvalue weighted by atomic mass is 10.5. The Morgan fingerprint density at radius 1 is 0.909 bits per heavy atom. The van der Waals surface area contributed by atoms with Gasteiger partial charge in [0.2, 0.25) is 11.9 Å². The number of hydrogen-bond donors (Lipinski definition) is 2. The molecule has 0 unspecified atom stereocenters. The molecule has 0 atom stereocenters. The lowest BCUT2D eigenvalue weighted by Crippen LogP contribution is -2.34. The van der Waals surface area contributed by atoms with Crippen LogP contribution in [0.2, 0.25) is 0 Å². The minimum Gasteiger partial charge on any atom is -0.366 e. The summed E-state index contributed by atoms with van der Waals surface area (Å²) in [5.41, 5.74) is 0. The van der Waals surface area contributed by atoms with Gasteiger partial charge in [-0.05, 0) is 39.9 Å². The predicted octanol–water partition coefficient (Wildman–Crippen LogP) is 1.16. The lowest BCUT2D eigenvalue weighted by molar-refractivity contribution is 0.733. The largest absolute Gasteiger partial charge is 0.366 e.